The van der Waals surface area contributed by atoms with E-state index in [1.165, 1.54) is 16.9 Å². The molecule has 2 fully saturated rings. The second-order valence-corrected chi connectivity index (χ2v) is 8.85. The molecule has 0 spiro atoms. The van der Waals surface area contributed by atoms with Gasteiger partial charge in [0.05, 0.1) is 12.5 Å². The summed E-state index contributed by atoms with van der Waals surface area (Å²) in [7, 11) is 0. The summed E-state index contributed by atoms with van der Waals surface area (Å²) in [5, 5.41) is 13.1. The molecule has 166 valence electrons. The summed E-state index contributed by atoms with van der Waals surface area (Å²) in [5.41, 5.74) is 1.17. The van der Waals surface area contributed by atoms with E-state index in [1.54, 1.807) is 4.90 Å². The molecule has 0 bridgehead atoms. The molecule has 2 aliphatic rings. The maximum atomic E-state index is 12.7. The molecule has 1 N–H and O–H groups in total. The van der Waals surface area contributed by atoms with Crippen LogP contribution in [0.1, 0.15) is 38.2 Å². The molecule has 8 nitrogen and oxygen atoms in total. The Balaban J connectivity index is 1.26. The Labute approximate surface area is 186 Å². The van der Waals surface area contributed by atoms with Gasteiger partial charge in [-0.25, -0.2) is 0 Å². The quantitative estimate of drug-likeness (QED) is 0.675. The zero-order chi connectivity index (χ0) is 21.6. The highest BCUT2D eigenvalue weighted by molar-refractivity contribution is 7.19. The number of nitrogens with one attached hydrogen (secondary N) is 1. The number of hydrogen-bond acceptors (Lipinski definition) is 7. The van der Waals surface area contributed by atoms with Gasteiger partial charge in [0.15, 0.2) is 0 Å². The van der Waals surface area contributed by atoms with Crippen LogP contribution in [0, 0.1) is 5.92 Å². The number of carbonyl (C=O) groups excluding carboxylic acids is 2. The van der Waals surface area contributed by atoms with Crippen molar-refractivity contribution in [3.63, 3.8) is 0 Å². The molecular formula is C22H29N5O3S. The zero-order valence-corrected chi connectivity index (χ0v) is 18.7. The van der Waals surface area contributed by atoms with Gasteiger partial charge >= 0.3 is 0 Å². The number of piperidine rings is 1. The Kier molecular flexibility index (Phi) is 7.01. The first-order chi connectivity index (χ1) is 15.1. The van der Waals surface area contributed by atoms with Crippen LogP contribution >= 0.6 is 11.3 Å². The molecule has 31 heavy (non-hydrogen) atoms. The molecule has 0 saturated carbocycles. The molecule has 0 unspecified atom stereocenters. The topological polar surface area (TPSA) is 87.7 Å². The lowest BCUT2D eigenvalue weighted by Crippen LogP contribution is -2.43. The van der Waals surface area contributed by atoms with Crippen LogP contribution in [0.4, 0.5) is 10.3 Å². The van der Waals surface area contributed by atoms with Crippen LogP contribution in [0.3, 0.4) is 0 Å². The van der Waals surface area contributed by atoms with Crippen molar-refractivity contribution < 1.29 is 14.3 Å². The van der Waals surface area contributed by atoms with Gasteiger partial charge in [0.2, 0.25) is 22.1 Å². The molecule has 2 aromatic rings. The van der Waals surface area contributed by atoms with Crippen LogP contribution in [-0.2, 0) is 16.0 Å². The molecule has 3 heterocycles. The number of benzene rings is 1. The fourth-order valence-electron chi connectivity index (χ4n) is 4.05. The van der Waals surface area contributed by atoms with Gasteiger partial charge in [-0.2, -0.15) is 0 Å². The number of rotatable bonds is 8. The van der Waals surface area contributed by atoms with Gasteiger partial charge in [0, 0.05) is 32.6 Å². The molecule has 4 rings (SSSR count). The third-order valence-electron chi connectivity index (χ3n) is 5.72. The molecule has 2 aliphatic heterocycles. The highest BCUT2D eigenvalue weighted by atomic mass is 32.1. The van der Waals surface area contributed by atoms with Crippen molar-refractivity contribution in [3.05, 3.63) is 29.8 Å². The minimum atomic E-state index is -0.0603. The number of nitrogens with zero attached hydrogens (tertiary/aromatic N) is 4. The smallest absolute Gasteiger partial charge is 0.228 e. The Morgan fingerprint density at radius 3 is 2.74 bits per heavy atom. The van der Waals surface area contributed by atoms with Crippen molar-refractivity contribution in [2.45, 2.75) is 39.0 Å². The average Bonchev–Trinajstić information content (AvgIpc) is 3.44. The summed E-state index contributed by atoms with van der Waals surface area (Å²) in [6, 6.07) is 8.01. The fraction of sp³-hybridized carbons (Fsp3) is 0.545. The lowest BCUT2D eigenvalue weighted by molar-refractivity contribution is -0.125. The van der Waals surface area contributed by atoms with Crippen molar-refractivity contribution in [1.82, 2.24) is 15.5 Å². The van der Waals surface area contributed by atoms with Gasteiger partial charge in [0.1, 0.15) is 5.75 Å². The first kappa shape index (κ1) is 21.5. The summed E-state index contributed by atoms with van der Waals surface area (Å²) < 4.78 is 5.46. The Morgan fingerprint density at radius 2 is 2.00 bits per heavy atom. The third kappa shape index (κ3) is 5.33. The predicted molar refractivity (Wildman–Crippen MR) is 121 cm³/mol. The van der Waals surface area contributed by atoms with Crippen LogP contribution in [0.5, 0.6) is 5.75 Å². The van der Waals surface area contributed by atoms with Crippen molar-refractivity contribution in [2.24, 2.45) is 5.92 Å². The number of anilines is 2. The minimum absolute atomic E-state index is 0.0603. The first-order valence-electron chi connectivity index (χ1n) is 11.0. The Morgan fingerprint density at radius 1 is 1.19 bits per heavy atom. The molecule has 0 radical (unpaired) electrons. The van der Waals surface area contributed by atoms with Crippen molar-refractivity contribution in [1.29, 1.82) is 0 Å². The van der Waals surface area contributed by atoms with E-state index >= 15 is 0 Å². The number of ether oxygens (including phenoxy) is 1. The second kappa shape index (κ2) is 10.1. The molecular weight excluding hydrogens is 414 g/mol. The van der Waals surface area contributed by atoms with E-state index < -0.39 is 0 Å². The largest absolute Gasteiger partial charge is 0.494 e. The number of carbonyl (C=O) groups is 2. The number of hydrogen-bond donors (Lipinski definition) is 1. The summed E-state index contributed by atoms with van der Waals surface area (Å²) >= 11 is 1.44. The predicted octanol–water partition coefficient (Wildman–Crippen LogP) is 2.64. The van der Waals surface area contributed by atoms with Crippen LogP contribution in [0.2, 0.25) is 0 Å². The van der Waals surface area contributed by atoms with Crippen LogP contribution in [0.25, 0.3) is 0 Å². The molecule has 0 aliphatic carbocycles. The van der Waals surface area contributed by atoms with E-state index in [2.05, 4.69) is 20.4 Å². The van der Waals surface area contributed by atoms with Gasteiger partial charge in [0.25, 0.3) is 0 Å². The van der Waals surface area contributed by atoms with E-state index in [9.17, 15) is 9.59 Å². The highest BCUT2D eigenvalue weighted by Crippen LogP contribution is 2.32. The second-order valence-electron chi connectivity index (χ2n) is 7.92. The van der Waals surface area contributed by atoms with Crippen molar-refractivity contribution in [2.75, 3.05) is 42.6 Å². The molecule has 1 aromatic carbocycles. The van der Waals surface area contributed by atoms with E-state index in [0.29, 0.717) is 37.8 Å². The summed E-state index contributed by atoms with van der Waals surface area (Å²) in [6.07, 6.45) is 4.06. The number of amides is 2. The van der Waals surface area contributed by atoms with Gasteiger partial charge in [-0.15, -0.1) is 10.2 Å². The Hall–Kier alpha value is -2.68. The molecule has 2 saturated heterocycles. The van der Waals surface area contributed by atoms with Gasteiger partial charge < -0.3 is 15.0 Å². The lowest BCUT2D eigenvalue weighted by Gasteiger charge is -2.31. The normalized spacial score (nSPS) is 19.0. The fourth-order valence-corrected chi connectivity index (χ4v) is 4.98. The maximum Gasteiger partial charge on any atom is 0.228 e. The minimum Gasteiger partial charge on any atom is -0.494 e. The summed E-state index contributed by atoms with van der Waals surface area (Å²) in [6.45, 7) is 5.45. The monoisotopic (exact) mass is 443 g/mol. The lowest BCUT2D eigenvalue weighted by atomic mass is 9.97. The van der Waals surface area contributed by atoms with E-state index in [1.807, 2.05) is 31.2 Å². The van der Waals surface area contributed by atoms with Gasteiger partial charge in [-0.1, -0.05) is 23.5 Å². The molecule has 9 heteroatoms. The summed E-state index contributed by atoms with van der Waals surface area (Å²) in [5.74, 6) is 1.02. The standard InChI is InChI=1S/C22H29N5O3S/c1-2-30-18-9-7-16(8-10-18)11-12-23-20(29)17-5-3-13-26(15-17)21-24-25-22(31-21)27-14-4-6-19(27)28/h7-10,17H,2-6,11-15H2,1H3,(H,23,29)/t17-/m1/s1. The van der Waals surface area contributed by atoms with E-state index in [0.717, 1.165) is 43.1 Å². The van der Waals surface area contributed by atoms with Crippen molar-refractivity contribution >= 4 is 33.4 Å². The summed E-state index contributed by atoms with van der Waals surface area (Å²) in [4.78, 5) is 28.5. The maximum absolute atomic E-state index is 12.7. The van der Waals surface area contributed by atoms with Crippen LogP contribution in [0.15, 0.2) is 24.3 Å². The molecule has 1 aromatic heterocycles. The Bertz CT molecular complexity index is 901. The number of aromatic nitrogens is 2. The molecule has 2 amide bonds. The van der Waals surface area contributed by atoms with E-state index in [4.69, 9.17) is 4.74 Å². The van der Waals surface area contributed by atoms with Crippen LogP contribution < -0.4 is 19.9 Å². The van der Waals surface area contributed by atoms with Crippen LogP contribution in [-0.4, -0.2) is 54.8 Å². The first-order valence-corrected chi connectivity index (χ1v) is 11.8. The SMILES string of the molecule is CCOc1ccc(CCNC(=O)[C@@H]2CCCN(c3nnc(N4CCCC4=O)s3)C2)cc1. The van der Waals surface area contributed by atoms with Gasteiger partial charge in [-0.05, 0) is 50.3 Å². The van der Waals surface area contributed by atoms with E-state index in [-0.39, 0.29) is 17.7 Å². The zero-order valence-electron chi connectivity index (χ0n) is 17.9. The molecule has 1 atom stereocenters. The third-order valence-corrected chi connectivity index (χ3v) is 6.72. The van der Waals surface area contributed by atoms with Crippen molar-refractivity contribution in [3.8, 4) is 5.75 Å². The average molecular weight is 444 g/mol. The highest BCUT2D eigenvalue weighted by Gasteiger charge is 2.29. The van der Waals surface area contributed by atoms with Gasteiger partial charge in [-0.3, -0.25) is 14.5 Å².